The third-order valence-electron chi connectivity index (χ3n) is 2.57. The van der Waals surface area contributed by atoms with Gasteiger partial charge in [-0.15, -0.1) is 0 Å². The van der Waals surface area contributed by atoms with E-state index in [9.17, 15) is 23.3 Å². The molecule has 10 heteroatoms. The van der Waals surface area contributed by atoms with Gasteiger partial charge in [-0.3, -0.25) is 10.1 Å². The third kappa shape index (κ3) is 5.55. The van der Waals surface area contributed by atoms with E-state index in [0.29, 0.717) is 12.7 Å². The van der Waals surface area contributed by atoms with Gasteiger partial charge in [-0.05, 0) is 30.4 Å². The number of rotatable bonds is 7. The number of benzene rings is 1. The monoisotopic (exact) mass is 357 g/mol. The fourth-order valence-electron chi connectivity index (χ4n) is 1.55. The maximum absolute atomic E-state index is 12.9. The lowest BCUT2D eigenvalue weighted by molar-refractivity contribution is -0.388. The predicted octanol–water partition coefficient (Wildman–Crippen LogP) is 4.75. The fourth-order valence-corrected chi connectivity index (χ4v) is 3.04. The zero-order chi connectivity index (χ0) is 17.0. The highest BCUT2D eigenvalue weighted by molar-refractivity contribution is 8.09. The summed E-state index contributed by atoms with van der Waals surface area (Å²) in [5.41, 5.74) is -2.41. The van der Waals surface area contributed by atoms with Crippen LogP contribution < -0.4 is 4.52 Å². The highest BCUT2D eigenvalue weighted by atomic mass is 32.5. The Hall–Kier alpha value is -1.18. The Morgan fingerprint density at radius 1 is 1.41 bits per heavy atom. The van der Waals surface area contributed by atoms with Crippen LogP contribution in [-0.4, -0.2) is 18.2 Å². The van der Waals surface area contributed by atoms with Crippen LogP contribution in [0, 0.1) is 10.1 Å². The minimum absolute atomic E-state index is 0.194. The first-order valence-electron chi connectivity index (χ1n) is 6.34. The number of nitrogens with zero attached hydrogens (tertiary/aromatic N) is 1. The van der Waals surface area contributed by atoms with Gasteiger partial charge >= 0.3 is 6.18 Å². The summed E-state index contributed by atoms with van der Waals surface area (Å²) >= 11 is 5.11. The number of nitro benzene ring substituents is 1. The van der Waals surface area contributed by atoms with E-state index < -0.39 is 28.8 Å². The minimum atomic E-state index is -4.86. The maximum Gasteiger partial charge on any atom is 0.423 e. The van der Waals surface area contributed by atoms with Crippen LogP contribution in [0.15, 0.2) is 18.2 Å². The Balaban J connectivity index is 3.02. The number of halogens is 3. The standard InChI is InChI=1S/C12H15F3NO4PS/c1-3-4-7-19-21(2,22)20-9-5-6-11(16(17)18)10(8-9)12(13,14)15/h5-6,8H,3-4,7H2,1-2H3. The molecule has 1 aromatic rings. The first kappa shape index (κ1) is 18.9. The van der Waals surface area contributed by atoms with Crippen molar-refractivity contribution in [3.8, 4) is 5.75 Å². The largest absolute Gasteiger partial charge is 0.444 e. The van der Waals surface area contributed by atoms with E-state index >= 15 is 0 Å². The molecule has 0 aliphatic heterocycles. The Morgan fingerprint density at radius 3 is 2.55 bits per heavy atom. The summed E-state index contributed by atoms with van der Waals surface area (Å²) in [7, 11) is 0. The molecule has 0 heterocycles. The molecule has 0 amide bonds. The first-order chi connectivity index (χ1) is 10.1. The number of unbranched alkanes of at least 4 members (excludes halogenated alkanes) is 1. The zero-order valence-corrected chi connectivity index (χ0v) is 13.6. The van der Waals surface area contributed by atoms with Gasteiger partial charge in [0, 0.05) is 12.7 Å². The van der Waals surface area contributed by atoms with Crippen molar-refractivity contribution in [2.45, 2.75) is 25.9 Å². The van der Waals surface area contributed by atoms with Crippen LogP contribution in [0.5, 0.6) is 5.75 Å². The van der Waals surface area contributed by atoms with Gasteiger partial charge in [0.05, 0.1) is 11.5 Å². The van der Waals surface area contributed by atoms with Gasteiger partial charge in [0.2, 0.25) is 6.49 Å². The summed E-state index contributed by atoms with van der Waals surface area (Å²) in [6.45, 7) is 1.04. The van der Waals surface area contributed by atoms with E-state index in [4.69, 9.17) is 20.9 Å². The summed E-state index contributed by atoms with van der Waals surface area (Å²) in [6.07, 6.45) is -3.23. The number of alkyl halides is 3. The van der Waals surface area contributed by atoms with Crippen molar-refractivity contribution in [1.29, 1.82) is 0 Å². The van der Waals surface area contributed by atoms with Crippen molar-refractivity contribution in [2.75, 3.05) is 13.3 Å². The van der Waals surface area contributed by atoms with E-state index in [0.717, 1.165) is 25.0 Å². The molecule has 5 nitrogen and oxygen atoms in total. The molecule has 0 saturated carbocycles. The van der Waals surface area contributed by atoms with Crippen molar-refractivity contribution < 1.29 is 27.1 Å². The van der Waals surface area contributed by atoms with Gasteiger partial charge in [0.25, 0.3) is 5.69 Å². The summed E-state index contributed by atoms with van der Waals surface area (Å²) in [4.78, 5) is 9.57. The molecule has 0 bridgehead atoms. The molecule has 0 aliphatic rings. The molecule has 22 heavy (non-hydrogen) atoms. The quantitative estimate of drug-likeness (QED) is 0.305. The molecular weight excluding hydrogens is 342 g/mol. The smallest absolute Gasteiger partial charge is 0.423 e. The topological polar surface area (TPSA) is 61.6 Å². The van der Waals surface area contributed by atoms with E-state index in [1.807, 2.05) is 6.92 Å². The average molecular weight is 357 g/mol. The third-order valence-corrected chi connectivity index (χ3v) is 4.30. The average Bonchev–Trinajstić information content (AvgIpc) is 2.37. The lowest BCUT2D eigenvalue weighted by atomic mass is 10.1. The van der Waals surface area contributed by atoms with Crippen LogP contribution in [0.4, 0.5) is 18.9 Å². The molecule has 0 aromatic heterocycles. The lowest BCUT2D eigenvalue weighted by Crippen LogP contribution is -2.09. The van der Waals surface area contributed by atoms with Gasteiger partial charge in [-0.1, -0.05) is 13.3 Å². The van der Waals surface area contributed by atoms with Gasteiger partial charge in [-0.2, -0.15) is 13.2 Å². The molecule has 0 radical (unpaired) electrons. The molecule has 0 saturated heterocycles. The lowest BCUT2D eigenvalue weighted by Gasteiger charge is -2.19. The van der Waals surface area contributed by atoms with Crippen molar-refractivity contribution in [3.05, 3.63) is 33.9 Å². The van der Waals surface area contributed by atoms with Gasteiger partial charge in [-0.25, -0.2) is 0 Å². The molecule has 1 aromatic carbocycles. The van der Waals surface area contributed by atoms with E-state index in [2.05, 4.69) is 0 Å². The summed E-state index contributed by atoms with van der Waals surface area (Å²) < 4.78 is 49.3. The Bertz CT molecular complexity index is 594. The maximum atomic E-state index is 12.9. The van der Waals surface area contributed by atoms with Crippen LogP contribution >= 0.6 is 6.49 Å². The summed E-state index contributed by atoms with van der Waals surface area (Å²) in [5.74, 6) is -0.194. The second kappa shape index (κ2) is 7.39. The first-order valence-corrected chi connectivity index (χ1v) is 9.42. The van der Waals surface area contributed by atoms with Crippen LogP contribution in [-0.2, 0) is 22.5 Å². The van der Waals surface area contributed by atoms with Gasteiger partial charge < -0.3 is 9.05 Å². The number of hydrogen-bond acceptors (Lipinski definition) is 5. The molecule has 1 rings (SSSR count). The second-order valence-corrected chi connectivity index (χ2v) is 8.46. The van der Waals surface area contributed by atoms with Gasteiger partial charge in [0.1, 0.15) is 11.3 Å². The molecule has 1 unspecified atom stereocenters. The molecule has 124 valence electrons. The molecular formula is C12H15F3NO4PS. The second-order valence-electron chi connectivity index (χ2n) is 4.48. The molecule has 0 spiro atoms. The molecule has 0 aliphatic carbocycles. The van der Waals surface area contributed by atoms with E-state index in [-0.39, 0.29) is 5.75 Å². The molecule has 1 atom stereocenters. The molecule has 0 N–H and O–H groups in total. The predicted molar refractivity (Wildman–Crippen MR) is 79.8 cm³/mol. The van der Waals surface area contributed by atoms with Crippen molar-refractivity contribution in [2.24, 2.45) is 0 Å². The minimum Gasteiger partial charge on any atom is -0.444 e. The van der Waals surface area contributed by atoms with Crippen molar-refractivity contribution >= 4 is 24.0 Å². The van der Waals surface area contributed by atoms with E-state index in [1.54, 1.807) is 0 Å². The zero-order valence-electron chi connectivity index (χ0n) is 11.9. The summed E-state index contributed by atoms with van der Waals surface area (Å²) in [6, 6.07) is 2.41. The highest BCUT2D eigenvalue weighted by Crippen LogP contribution is 2.47. The normalized spacial score (nSPS) is 14.4. The van der Waals surface area contributed by atoms with Crippen LogP contribution in [0.3, 0.4) is 0 Å². The Morgan fingerprint density at radius 2 is 2.05 bits per heavy atom. The Labute approximate surface area is 130 Å². The van der Waals surface area contributed by atoms with Crippen molar-refractivity contribution in [3.63, 3.8) is 0 Å². The van der Waals surface area contributed by atoms with Crippen LogP contribution in [0.1, 0.15) is 25.3 Å². The van der Waals surface area contributed by atoms with Crippen LogP contribution in [0.25, 0.3) is 0 Å². The van der Waals surface area contributed by atoms with E-state index in [1.165, 1.54) is 6.66 Å². The highest BCUT2D eigenvalue weighted by Gasteiger charge is 2.38. The Kier molecular flexibility index (Phi) is 6.34. The molecule has 0 fully saturated rings. The summed E-state index contributed by atoms with van der Waals surface area (Å²) in [5, 5.41) is 10.7. The number of nitro groups is 1. The van der Waals surface area contributed by atoms with Crippen LogP contribution in [0.2, 0.25) is 0 Å². The number of hydrogen-bond donors (Lipinski definition) is 0. The van der Waals surface area contributed by atoms with Crippen molar-refractivity contribution in [1.82, 2.24) is 0 Å². The fraction of sp³-hybridized carbons (Fsp3) is 0.500. The SMILES string of the molecule is CCCCOP(C)(=S)Oc1ccc([N+](=O)[O-])c(C(F)(F)F)c1. The van der Waals surface area contributed by atoms with Gasteiger partial charge in [0.15, 0.2) is 0 Å².